The van der Waals surface area contributed by atoms with Crippen LogP contribution in [0, 0.1) is 0 Å². The summed E-state index contributed by atoms with van der Waals surface area (Å²) in [5.74, 6) is -1.59. The van der Waals surface area contributed by atoms with Crippen LogP contribution in [-0.4, -0.2) is 46.5 Å². The minimum absolute atomic E-state index is 0.101. The molecule has 2 aliphatic rings. The van der Waals surface area contributed by atoms with Gasteiger partial charge in [0.05, 0.1) is 17.7 Å². The summed E-state index contributed by atoms with van der Waals surface area (Å²) in [6, 6.07) is 3.68. The Balaban J connectivity index is 1.88. The smallest absolute Gasteiger partial charge is 0.262 e. The molecular weight excluding hydrogens is 368 g/mol. The molecule has 2 heterocycles. The van der Waals surface area contributed by atoms with E-state index in [0.29, 0.717) is 17.7 Å². The summed E-state index contributed by atoms with van der Waals surface area (Å²) in [6.45, 7) is 0.428. The number of halogens is 1. The Morgan fingerprint density at radius 2 is 1.91 bits per heavy atom. The molecule has 3 rings (SSSR count). The van der Waals surface area contributed by atoms with Gasteiger partial charge in [-0.2, -0.15) is 0 Å². The number of alkyl halides is 1. The van der Waals surface area contributed by atoms with E-state index in [1.165, 1.54) is 12.1 Å². The lowest BCUT2D eigenvalue weighted by atomic mass is 10.0. The summed E-state index contributed by atoms with van der Waals surface area (Å²) in [7, 11) is 0. The molecule has 1 saturated heterocycles. The van der Waals surface area contributed by atoms with Crippen LogP contribution in [0.1, 0.15) is 33.6 Å². The van der Waals surface area contributed by atoms with E-state index in [-0.39, 0.29) is 24.0 Å². The van der Waals surface area contributed by atoms with E-state index in [9.17, 15) is 19.2 Å². The Kier molecular flexibility index (Phi) is 4.16. The van der Waals surface area contributed by atoms with Crippen molar-refractivity contribution in [3.05, 3.63) is 29.3 Å². The molecule has 4 amide bonds. The van der Waals surface area contributed by atoms with Gasteiger partial charge in [-0.3, -0.25) is 29.4 Å². The zero-order valence-electron chi connectivity index (χ0n) is 12.0. The average Bonchev–Trinajstić information content (AvgIpc) is 2.77. The first-order chi connectivity index (χ1) is 11.0. The molecule has 1 N–H and O–H groups in total. The largest absolute Gasteiger partial charge is 0.493 e. The highest BCUT2D eigenvalue weighted by Gasteiger charge is 2.44. The molecule has 23 heavy (non-hydrogen) atoms. The van der Waals surface area contributed by atoms with E-state index in [0.717, 1.165) is 4.90 Å². The highest BCUT2D eigenvalue weighted by Crippen LogP contribution is 2.30. The summed E-state index contributed by atoms with van der Waals surface area (Å²) < 4.78 is 5.43. The summed E-state index contributed by atoms with van der Waals surface area (Å²) in [5, 5.41) is 2.80. The fourth-order valence-electron chi connectivity index (χ4n) is 2.70. The molecule has 1 unspecified atom stereocenters. The topological polar surface area (TPSA) is 92.8 Å². The highest BCUT2D eigenvalue weighted by molar-refractivity contribution is 9.09. The maximum atomic E-state index is 12.5. The number of hydrogen-bond acceptors (Lipinski definition) is 5. The number of nitrogens with zero attached hydrogens (tertiary/aromatic N) is 1. The molecular formula is C15H13BrN2O5. The third-order valence-corrected chi connectivity index (χ3v) is 4.08. The molecule has 0 aromatic heterocycles. The van der Waals surface area contributed by atoms with Gasteiger partial charge in [-0.15, -0.1) is 0 Å². The van der Waals surface area contributed by atoms with Gasteiger partial charge in [0.1, 0.15) is 11.8 Å². The molecule has 120 valence electrons. The van der Waals surface area contributed by atoms with Crippen LogP contribution >= 0.6 is 15.9 Å². The van der Waals surface area contributed by atoms with Gasteiger partial charge >= 0.3 is 0 Å². The fraction of sp³-hybridized carbons (Fsp3) is 0.333. The number of benzene rings is 1. The van der Waals surface area contributed by atoms with E-state index in [1.54, 1.807) is 6.07 Å². The molecule has 1 fully saturated rings. The van der Waals surface area contributed by atoms with Crippen LogP contribution < -0.4 is 10.1 Å². The van der Waals surface area contributed by atoms with Gasteiger partial charge < -0.3 is 4.74 Å². The van der Waals surface area contributed by atoms with Crippen molar-refractivity contribution in [2.24, 2.45) is 0 Å². The monoisotopic (exact) mass is 380 g/mol. The first-order valence-electron chi connectivity index (χ1n) is 7.07. The van der Waals surface area contributed by atoms with Crippen LogP contribution in [0.2, 0.25) is 0 Å². The van der Waals surface area contributed by atoms with E-state index in [1.807, 2.05) is 0 Å². The van der Waals surface area contributed by atoms with Crippen LogP contribution in [0.25, 0.3) is 0 Å². The standard InChI is InChI=1S/C15H13BrN2O5/c16-5-6-23-8-1-2-9-10(7-8)15(22)18(14(9)21)11-3-4-12(19)17-13(11)20/h1-2,7,11H,3-6H2,(H,17,19,20). The SMILES string of the molecule is O=C1CCC(N2C(=O)c3ccc(OCCBr)cc3C2=O)C(=O)N1. The normalized spacial score (nSPS) is 20.6. The molecule has 1 aromatic carbocycles. The minimum atomic E-state index is -0.952. The zero-order valence-corrected chi connectivity index (χ0v) is 13.6. The third kappa shape index (κ3) is 2.74. The maximum Gasteiger partial charge on any atom is 0.262 e. The highest BCUT2D eigenvalue weighted by atomic mass is 79.9. The minimum Gasteiger partial charge on any atom is -0.493 e. The second kappa shape index (κ2) is 6.11. The number of carbonyl (C=O) groups excluding carboxylic acids is 4. The van der Waals surface area contributed by atoms with E-state index < -0.39 is 29.7 Å². The van der Waals surface area contributed by atoms with Crippen molar-refractivity contribution in [2.45, 2.75) is 18.9 Å². The molecule has 0 bridgehead atoms. The van der Waals surface area contributed by atoms with Gasteiger partial charge in [0.2, 0.25) is 11.8 Å². The van der Waals surface area contributed by atoms with Crippen LogP contribution in [0.5, 0.6) is 5.75 Å². The van der Waals surface area contributed by atoms with Crippen LogP contribution in [0.15, 0.2) is 18.2 Å². The van der Waals surface area contributed by atoms with Crippen molar-refractivity contribution in [1.29, 1.82) is 0 Å². The van der Waals surface area contributed by atoms with Crippen molar-refractivity contribution in [1.82, 2.24) is 10.2 Å². The summed E-state index contributed by atoms with van der Waals surface area (Å²) >= 11 is 3.24. The Morgan fingerprint density at radius 3 is 2.61 bits per heavy atom. The summed E-state index contributed by atoms with van der Waals surface area (Å²) in [6.07, 6.45) is 0.243. The van der Waals surface area contributed by atoms with Crippen LogP contribution in [-0.2, 0) is 9.59 Å². The van der Waals surface area contributed by atoms with Gasteiger partial charge in [0.25, 0.3) is 11.8 Å². The Morgan fingerprint density at radius 1 is 1.17 bits per heavy atom. The van der Waals surface area contributed by atoms with Crippen molar-refractivity contribution in [3.63, 3.8) is 0 Å². The second-order valence-electron chi connectivity index (χ2n) is 5.19. The number of imide groups is 2. The number of amides is 4. The number of hydrogen-bond donors (Lipinski definition) is 1. The van der Waals surface area contributed by atoms with Crippen molar-refractivity contribution < 1.29 is 23.9 Å². The zero-order chi connectivity index (χ0) is 16.6. The van der Waals surface area contributed by atoms with Crippen molar-refractivity contribution in [3.8, 4) is 5.75 Å². The molecule has 0 aliphatic carbocycles. The van der Waals surface area contributed by atoms with E-state index in [2.05, 4.69) is 21.2 Å². The molecule has 0 saturated carbocycles. The summed E-state index contributed by atoms with van der Waals surface area (Å²) in [5.41, 5.74) is 0.456. The van der Waals surface area contributed by atoms with E-state index >= 15 is 0 Å². The lowest BCUT2D eigenvalue weighted by Crippen LogP contribution is -2.54. The molecule has 8 heteroatoms. The first kappa shape index (κ1) is 15.7. The second-order valence-corrected chi connectivity index (χ2v) is 5.99. The number of ether oxygens (including phenoxy) is 1. The molecule has 1 aromatic rings. The van der Waals surface area contributed by atoms with Gasteiger partial charge in [0, 0.05) is 11.8 Å². The number of fused-ring (bicyclic) bond motifs is 1. The Hall–Kier alpha value is -2.22. The number of rotatable bonds is 4. The van der Waals surface area contributed by atoms with E-state index in [4.69, 9.17) is 4.74 Å². The predicted octanol–water partition coefficient (Wildman–Crippen LogP) is 0.861. The lowest BCUT2D eigenvalue weighted by Gasteiger charge is -2.27. The number of carbonyl (C=O) groups is 4. The quantitative estimate of drug-likeness (QED) is 0.617. The Bertz CT molecular complexity index is 718. The predicted molar refractivity (Wildman–Crippen MR) is 82.4 cm³/mol. The number of piperidine rings is 1. The van der Waals surface area contributed by atoms with Gasteiger partial charge in [-0.25, -0.2) is 0 Å². The molecule has 7 nitrogen and oxygen atoms in total. The molecule has 2 aliphatic heterocycles. The van der Waals surface area contributed by atoms with Gasteiger partial charge in [-0.1, -0.05) is 15.9 Å². The van der Waals surface area contributed by atoms with Crippen molar-refractivity contribution >= 4 is 39.6 Å². The third-order valence-electron chi connectivity index (χ3n) is 3.76. The fourth-order valence-corrected chi connectivity index (χ4v) is 2.86. The van der Waals surface area contributed by atoms with Crippen LogP contribution in [0.3, 0.4) is 0 Å². The Labute approximate surface area is 140 Å². The maximum absolute atomic E-state index is 12.5. The molecule has 1 atom stereocenters. The first-order valence-corrected chi connectivity index (χ1v) is 8.19. The van der Waals surface area contributed by atoms with Gasteiger partial charge in [0.15, 0.2) is 0 Å². The molecule has 0 spiro atoms. The van der Waals surface area contributed by atoms with Crippen molar-refractivity contribution in [2.75, 3.05) is 11.9 Å². The lowest BCUT2D eigenvalue weighted by molar-refractivity contribution is -0.136. The van der Waals surface area contributed by atoms with Gasteiger partial charge in [-0.05, 0) is 24.6 Å². The number of nitrogens with one attached hydrogen (secondary N) is 1. The molecule has 0 radical (unpaired) electrons. The van der Waals surface area contributed by atoms with Crippen LogP contribution in [0.4, 0.5) is 0 Å². The summed E-state index contributed by atoms with van der Waals surface area (Å²) in [4.78, 5) is 49.1. The average molecular weight is 381 g/mol.